The summed E-state index contributed by atoms with van der Waals surface area (Å²) in [5.74, 6) is 0.996. The summed E-state index contributed by atoms with van der Waals surface area (Å²) in [5.41, 5.74) is 0.546. The molecule has 0 saturated heterocycles. The highest BCUT2D eigenvalue weighted by atomic mass is 16.5. The van der Waals surface area contributed by atoms with Gasteiger partial charge >= 0.3 is 5.97 Å². The second kappa shape index (κ2) is 7.31. The number of nitrogens with zero attached hydrogens (tertiary/aromatic N) is 1. The second-order valence-corrected chi connectivity index (χ2v) is 5.74. The number of nitrogens with one attached hydrogen (secondary N) is 2. The first-order chi connectivity index (χ1) is 12.1. The van der Waals surface area contributed by atoms with Crippen LogP contribution in [0.3, 0.4) is 0 Å². The van der Waals surface area contributed by atoms with Crippen molar-refractivity contribution in [2.24, 2.45) is 0 Å². The van der Waals surface area contributed by atoms with Gasteiger partial charge in [-0.2, -0.15) is 0 Å². The van der Waals surface area contributed by atoms with Crippen molar-refractivity contribution in [3.05, 3.63) is 64.1 Å². The number of rotatable bonds is 6. The number of methoxy groups -OCH3 is 1. The number of furan rings is 1. The fourth-order valence-corrected chi connectivity index (χ4v) is 2.70. The first kappa shape index (κ1) is 16.9. The average Bonchev–Trinajstić information content (AvgIpc) is 3.09. The SMILES string of the molecule is CC[NH+](Cc1nc2ccccc2c(=O)[nH]1)Cc1ccc(C(=O)OC)o1. The minimum atomic E-state index is -0.496. The summed E-state index contributed by atoms with van der Waals surface area (Å²) in [7, 11) is 1.32. The maximum absolute atomic E-state index is 12.2. The Morgan fingerprint density at radius 3 is 2.80 bits per heavy atom. The molecule has 0 aliphatic heterocycles. The maximum atomic E-state index is 12.2. The van der Waals surface area contributed by atoms with E-state index < -0.39 is 5.97 Å². The molecule has 130 valence electrons. The third-order valence-corrected chi connectivity index (χ3v) is 4.05. The van der Waals surface area contributed by atoms with Gasteiger partial charge in [0.05, 0.1) is 24.6 Å². The molecule has 2 aromatic heterocycles. The van der Waals surface area contributed by atoms with Crippen LogP contribution in [0.2, 0.25) is 0 Å². The van der Waals surface area contributed by atoms with E-state index >= 15 is 0 Å². The molecule has 0 fully saturated rings. The van der Waals surface area contributed by atoms with E-state index in [0.717, 1.165) is 11.4 Å². The van der Waals surface area contributed by atoms with Crippen LogP contribution in [-0.4, -0.2) is 29.6 Å². The Labute approximate surface area is 144 Å². The first-order valence-corrected chi connectivity index (χ1v) is 8.09. The molecule has 1 unspecified atom stereocenters. The number of H-pyrrole nitrogens is 1. The number of benzene rings is 1. The van der Waals surface area contributed by atoms with E-state index in [9.17, 15) is 9.59 Å². The van der Waals surface area contributed by atoms with Crippen molar-refractivity contribution in [1.29, 1.82) is 0 Å². The zero-order valence-corrected chi connectivity index (χ0v) is 14.2. The molecule has 1 atom stereocenters. The molecule has 0 aliphatic carbocycles. The average molecular weight is 342 g/mol. The Hall–Kier alpha value is -2.93. The number of esters is 1. The quantitative estimate of drug-likeness (QED) is 0.650. The van der Waals surface area contributed by atoms with E-state index in [1.54, 1.807) is 18.2 Å². The third-order valence-electron chi connectivity index (χ3n) is 4.05. The van der Waals surface area contributed by atoms with Crippen molar-refractivity contribution in [3.63, 3.8) is 0 Å². The van der Waals surface area contributed by atoms with Crippen LogP contribution in [0.15, 0.2) is 45.6 Å². The number of para-hydroxylation sites is 1. The Kier molecular flexibility index (Phi) is 4.95. The Morgan fingerprint density at radius 1 is 1.24 bits per heavy atom. The van der Waals surface area contributed by atoms with Crippen LogP contribution in [0.25, 0.3) is 10.9 Å². The van der Waals surface area contributed by atoms with E-state index in [1.807, 2.05) is 25.1 Å². The topological polar surface area (TPSA) is 89.6 Å². The number of quaternary nitrogens is 1. The number of hydrogen-bond donors (Lipinski definition) is 2. The van der Waals surface area contributed by atoms with E-state index in [2.05, 4.69) is 14.7 Å². The molecule has 3 rings (SSSR count). The Morgan fingerprint density at radius 2 is 2.04 bits per heavy atom. The van der Waals surface area contributed by atoms with E-state index in [1.165, 1.54) is 7.11 Å². The van der Waals surface area contributed by atoms with Crippen molar-refractivity contribution in [1.82, 2.24) is 9.97 Å². The predicted octanol–water partition coefficient (Wildman–Crippen LogP) is 0.908. The van der Waals surface area contributed by atoms with Crippen LogP contribution in [-0.2, 0) is 17.8 Å². The lowest BCUT2D eigenvalue weighted by molar-refractivity contribution is -0.927. The van der Waals surface area contributed by atoms with Gasteiger partial charge < -0.3 is 19.0 Å². The molecule has 2 N–H and O–H groups in total. The highest BCUT2D eigenvalue weighted by Gasteiger charge is 2.16. The van der Waals surface area contributed by atoms with Crippen LogP contribution in [0.5, 0.6) is 0 Å². The number of fused-ring (bicyclic) bond motifs is 1. The van der Waals surface area contributed by atoms with Crippen molar-refractivity contribution < 1.29 is 18.8 Å². The lowest BCUT2D eigenvalue weighted by Gasteiger charge is -2.15. The molecule has 0 bridgehead atoms. The highest BCUT2D eigenvalue weighted by Crippen LogP contribution is 2.08. The van der Waals surface area contributed by atoms with Crippen LogP contribution >= 0.6 is 0 Å². The van der Waals surface area contributed by atoms with E-state index in [4.69, 9.17) is 4.42 Å². The van der Waals surface area contributed by atoms with Crippen molar-refractivity contribution in [2.75, 3.05) is 13.7 Å². The largest absolute Gasteiger partial charge is 0.463 e. The molecule has 7 heteroatoms. The molecule has 0 amide bonds. The van der Waals surface area contributed by atoms with Crippen molar-refractivity contribution in [3.8, 4) is 0 Å². The van der Waals surface area contributed by atoms with Gasteiger partial charge in [0.25, 0.3) is 5.56 Å². The van der Waals surface area contributed by atoms with Crippen LogP contribution in [0.1, 0.15) is 29.1 Å². The maximum Gasteiger partial charge on any atom is 0.373 e. The fourth-order valence-electron chi connectivity index (χ4n) is 2.70. The predicted molar refractivity (Wildman–Crippen MR) is 91.3 cm³/mol. The monoisotopic (exact) mass is 342 g/mol. The third kappa shape index (κ3) is 3.77. The van der Waals surface area contributed by atoms with Gasteiger partial charge in [-0.3, -0.25) is 4.79 Å². The smallest absolute Gasteiger partial charge is 0.373 e. The molecule has 0 spiro atoms. The van der Waals surface area contributed by atoms with Gasteiger partial charge in [-0.1, -0.05) is 12.1 Å². The number of hydrogen-bond acceptors (Lipinski definition) is 5. The first-order valence-electron chi connectivity index (χ1n) is 8.09. The van der Waals surface area contributed by atoms with E-state index in [0.29, 0.717) is 35.6 Å². The van der Waals surface area contributed by atoms with Crippen molar-refractivity contribution >= 4 is 16.9 Å². The summed E-state index contributed by atoms with van der Waals surface area (Å²) in [4.78, 5) is 32.1. The molecule has 25 heavy (non-hydrogen) atoms. The summed E-state index contributed by atoms with van der Waals surface area (Å²) >= 11 is 0. The Bertz CT molecular complexity index is 945. The molecular weight excluding hydrogens is 322 g/mol. The molecule has 7 nitrogen and oxygen atoms in total. The lowest BCUT2D eigenvalue weighted by atomic mass is 10.2. The summed E-state index contributed by atoms with van der Waals surface area (Å²) in [6.45, 7) is 3.97. The number of carbonyl (C=O) groups is 1. The molecule has 1 aromatic carbocycles. The van der Waals surface area contributed by atoms with Gasteiger partial charge in [-0.25, -0.2) is 9.78 Å². The van der Waals surface area contributed by atoms with Crippen LogP contribution in [0.4, 0.5) is 0 Å². The molecule has 2 heterocycles. The van der Waals surface area contributed by atoms with Crippen LogP contribution < -0.4 is 10.5 Å². The number of aromatic amines is 1. The second-order valence-electron chi connectivity index (χ2n) is 5.74. The lowest BCUT2D eigenvalue weighted by Crippen LogP contribution is -3.09. The molecular formula is C18H20N3O4+. The molecule has 3 aromatic rings. The zero-order chi connectivity index (χ0) is 17.8. The standard InChI is InChI=1S/C18H19N3O4/c1-3-21(10-12-8-9-15(25-12)18(23)24-2)11-16-19-14-7-5-4-6-13(14)17(22)20-16/h4-9H,3,10-11H2,1-2H3,(H,19,20,22)/p+1. The van der Waals surface area contributed by atoms with Gasteiger partial charge in [0.2, 0.25) is 5.76 Å². The minimum Gasteiger partial charge on any atom is -0.463 e. The number of ether oxygens (including phenoxy) is 1. The van der Waals surface area contributed by atoms with Crippen molar-refractivity contribution in [2.45, 2.75) is 20.0 Å². The van der Waals surface area contributed by atoms with Gasteiger partial charge in [-0.05, 0) is 31.2 Å². The zero-order valence-electron chi connectivity index (χ0n) is 14.2. The van der Waals surface area contributed by atoms with Gasteiger partial charge in [0.1, 0.15) is 13.1 Å². The van der Waals surface area contributed by atoms with E-state index in [-0.39, 0.29) is 11.3 Å². The van der Waals surface area contributed by atoms with Gasteiger partial charge in [-0.15, -0.1) is 0 Å². The van der Waals surface area contributed by atoms with Gasteiger partial charge in [0, 0.05) is 0 Å². The number of carbonyl (C=O) groups excluding carboxylic acids is 1. The summed E-state index contributed by atoms with van der Waals surface area (Å²) in [6.07, 6.45) is 0. The molecule has 0 saturated carbocycles. The molecule has 0 radical (unpaired) electrons. The highest BCUT2D eigenvalue weighted by molar-refractivity contribution is 5.86. The van der Waals surface area contributed by atoms with Crippen LogP contribution in [0, 0.1) is 0 Å². The van der Waals surface area contributed by atoms with Gasteiger partial charge in [0.15, 0.2) is 11.6 Å². The normalized spacial score (nSPS) is 12.2. The minimum absolute atomic E-state index is 0.137. The molecule has 0 aliphatic rings. The summed E-state index contributed by atoms with van der Waals surface area (Å²) in [6, 6.07) is 10.6. The fraction of sp³-hybridized carbons (Fsp3) is 0.278. The number of aromatic nitrogens is 2. The summed E-state index contributed by atoms with van der Waals surface area (Å²) in [5, 5.41) is 0.582. The summed E-state index contributed by atoms with van der Waals surface area (Å²) < 4.78 is 10.2. The Balaban J connectivity index is 1.77.